The number of carbonyl (C=O) groups excluding carboxylic acids is 1. The average molecular weight is 315 g/mol. The van der Waals surface area contributed by atoms with Crippen LogP contribution in [0.2, 0.25) is 0 Å². The van der Waals surface area contributed by atoms with E-state index >= 15 is 0 Å². The van der Waals surface area contributed by atoms with Crippen LogP contribution < -0.4 is 5.32 Å². The van der Waals surface area contributed by atoms with Crippen LogP contribution in [0.3, 0.4) is 0 Å². The van der Waals surface area contributed by atoms with E-state index in [4.69, 9.17) is 9.84 Å². The molecular formula is C14H18FNO6. The Morgan fingerprint density at radius 3 is 2.41 bits per heavy atom. The molecule has 122 valence electrons. The van der Waals surface area contributed by atoms with Crippen molar-refractivity contribution >= 4 is 5.91 Å². The average Bonchev–Trinajstić information content (AvgIpc) is 2.49. The minimum absolute atomic E-state index is 0.0876. The van der Waals surface area contributed by atoms with Gasteiger partial charge < -0.3 is 30.5 Å². The minimum atomic E-state index is -1.56. The quantitative estimate of drug-likeness (QED) is 0.451. The second-order valence-corrected chi connectivity index (χ2v) is 5.13. The predicted molar refractivity (Wildman–Crippen MR) is 72.0 cm³/mol. The monoisotopic (exact) mass is 315 g/mol. The van der Waals surface area contributed by atoms with Crippen molar-refractivity contribution in [1.29, 1.82) is 0 Å². The fourth-order valence-corrected chi connectivity index (χ4v) is 2.28. The van der Waals surface area contributed by atoms with Gasteiger partial charge in [-0.2, -0.15) is 0 Å². The molecule has 0 radical (unpaired) electrons. The molecule has 0 spiro atoms. The smallest absolute Gasteiger partial charge is 0.224 e. The van der Waals surface area contributed by atoms with Gasteiger partial charge in [0, 0.05) is 0 Å². The highest BCUT2D eigenvalue weighted by atomic mass is 19.1. The molecule has 8 heteroatoms. The molecule has 0 aliphatic carbocycles. The molecule has 1 aromatic rings. The fourth-order valence-electron chi connectivity index (χ4n) is 2.28. The lowest BCUT2D eigenvalue weighted by Gasteiger charge is -2.40. The zero-order valence-corrected chi connectivity index (χ0v) is 11.6. The summed E-state index contributed by atoms with van der Waals surface area (Å²) in [6.07, 6.45) is -5.71. The van der Waals surface area contributed by atoms with Gasteiger partial charge in [-0.05, 0) is 17.7 Å². The Balaban J connectivity index is 1.97. The maximum absolute atomic E-state index is 12.8. The summed E-state index contributed by atoms with van der Waals surface area (Å²) in [4.78, 5) is 11.9. The third-order valence-corrected chi connectivity index (χ3v) is 3.51. The van der Waals surface area contributed by atoms with E-state index < -0.39 is 49.0 Å². The molecule has 2 rings (SSSR count). The number of nitrogens with one attached hydrogen (secondary N) is 1. The number of ether oxygens (including phenoxy) is 1. The van der Waals surface area contributed by atoms with Crippen molar-refractivity contribution < 1.29 is 34.3 Å². The fraction of sp³-hybridized carbons (Fsp3) is 0.500. The number of aliphatic hydroxyl groups excluding tert-OH is 4. The van der Waals surface area contributed by atoms with Gasteiger partial charge in [0.05, 0.1) is 13.0 Å². The number of aliphatic hydroxyl groups is 4. The molecule has 1 saturated heterocycles. The molecule has 0 bridgehead atoms. The number of hydrogen-bond donors (Lipinski definition) is 5. The maximum Gasteiger partial charge on any atom is 0.224 e. The molecule has 1 aromatic carbocycles. The zero-order valence-electron chi connectivity index (χ0n) is 11.6. The van der Waals surface area contributed by atoms with Gasteiger partial charge in [-0.25, -0.2) is 4.39 Å². The molecule has 0 unspecified atom stereocenters. The molecule has 1 aliphatic rings. The number of halogens is 1. The van der Waals surface area contributed by atoms with E-state index in [0.717, 1.165) is 0 Å². The van der Waals surface area contributed by atoms with Gasteiger partial charge in [0.15, 0.2) is 6.29 Å². The van der Waals surface area contributed by atoms with E-state index in [1.165, 1.54) is 24.3 Å². The summed E-state index contributed by atoms with van der Waals surface area (Å²) >= 11 is 0. The van der Waals surface area contributed by atoms with E-state index in [1.807, 2.05) is 0 Å². The van der Waals surface area contributed by atoms with Crippen LogP contribution in [0.4, 0.5) is 4.39 Å². The van der Waals surface area contributed by atoms with Crippen molar-refractivity contribution in [1.82, 2.24) is 5.32 Å². The van der Waals surface area contributed by atoms with Crippen LogP contribution in [0, 0.1) is 5.82 Å². The normalized spacial score (nSPS) is 31.8. The summed E-state index contributed by atoms with van der Waals surface area (Å²) in [6, 6.07) is 4.08. The summed E-state index contributed by atoms with van der Waals surface area (Å²) in [7, 11) is 0. The lowest BCUT2D eigenvalue weighted by Crippen LogP contribution is -2.64. The van der Waals surface area contributed by atoms with Crippen LogP contribution in [0.25, 0.3) is 0 Å². The second-order valence-electron chi connectivity index (χ2n) is 5.13. The highest BCUT2D eigenvalue weighted by molar-refractivity contribution is 5.79. The summed E-state index contributed by atoms with van der Waals surface area (Å²) in [5, 5.41) is 40.7. The number of carbonyl (C=O) groups is 1. The first-order valence-electron chi connectivity index (χ1n) is 6.76. The highest BCUT2D eigenvalue weighted by Gasteiger charge is 2.44. The number of benzene rings is 1. The van der Waals surface area contributed by atoms with Crippen LogP contribution >= 0.6 is 0 Å². The molecule has 5 atom stereocenters. The largest absolute Gasteiger partial charge is 0.394 e. The molecule has 1 amide bonds. The van der Waals surface area contributed by atoms with Gasteiger partial charge in [-0.1, -0.05) is 12.1 Å². The summed E-state index contributed by atoms with van der Waals surface area (Å²) in [5.74, 6) is -0.957. The van der Waals surface area contributed by atoms with E-state index in [2.05, 4.69) is 5.32 Å². The molecule has 1 fully saturated rings. The van der Waals surface area contributed by atoms with Gasteiger partial charge in [0.2, 0.25) is 5.91 Å². The maximum atomic E-state index is 12.8. The van der Waals surface area contributed by atoms with Gasteiger partial charge in [-0.15, -0.1) is 0 Å². The van der Waals surface area contributed by atoms with E-state index in [9.17, 15) is 24.5 Å². The molecule has 0 saturated carbocycles. The van der Waals surface area contributed by atoms with E-state index in [1.54, 1.807) is 0 Å². The molecule has 1 aliphatic heterocycles. The van der Waals surface area contributed by atoms with Crippen LogP contribution in [0.5, 0.6) is 0 Å². The van der Waals surface area contributed by atoms with Crippen molar-refractivity contribution in [3.05, 3.63) is 35.6 Å². The Kier molecular flexibility index (Phi) is 5.43. The topological polar surface area (TPSA) is 119 Å². The van der Waals surface area contributed by atoms with Crippen molar-refractivity contribution in [2.45, 2.75) is 37.1 Å². The lowest BCUT2D eigenvalue weighted by molar-refractivity contribution is -0.253. The van der Waals surface area contributed by atoms with E-state index in [0.29, 0.717) is 5.56 Å². The third kappa shape index (κ3) is 3.79. The van der Waals surface area contributed by atoms with Crippen LogP contribution in [0.15, 0.2) is 24.3 Å². The lowest BCUT2D eigenvalue weighted by atomic mass is 9.97. The van der Waals surface area contributed by atoms with Gasteiger partial charge in [0.1, 0.15) is 30.2 Å². The van der Waals surface area contributed by atoms with Crippen LogP contribution in [0.1, 0.15) is 5.56 Å². The zero-order chi connectivity index (χ0) is 16.3. The Hall–Kier alpha value is -1.58. The molecule has 5 N–H and O–H groups in total. The SMILES string of the molecule is O=C(Cc1ccc(F)cc1)N[C@@H]1[C@@H](O)[C@H](O)[C@@H](CO)O[C@H]1O. The first-order valence-corrected chi connectivity index (χ1v) is 6.76. The third-order valence-electron chi connectivity index (χ3n) is 3.51. The minimum Gasteiger partial charge on any atom is -0.394 e. The van der Waals surface area contributed by atoms with Gasteiger partial charge in [0.25, 0.3) is 0 Å². The number of amides is 1. The number of rotatable bonds is 4. The Bertz CT molecular complexity index is 511. The summed E-state index contributed by atoms with van der Waals surface area (Å²) in [5.41, 5.74) is 0.549. The van der Waals surface area contributed by atoms with Crippen LogP contribution in [-0.2, 0) is 16.0 Å². The Morgan fingerprint density at radius 2 is 1.82 bits per heavy atom. The van der Waals surface area contributed by atoms with Crippen molar-refractivity contribution in [3.8, 4) is 0 Å². The highest BCUT2D eigenvalue weighted by Crippen LogP contribution is 2.19. The summed E-state index contributed by atoms with van der Waals surface area (Å²) < 4.78 is 17.7. The molecule has 22 heavy (non-hydrogen) atoms. The number of hydrogen-bond acceptors (Lipinski definition) is 6. The standard InChI is InChI=1S/C14H18FNO6/c15-8-3-1-7(2-4-8)5-10(18)16-11-13(20)12(19)9(6-17)22-14(11)21/h1-4,9,11-14,17,19-21H,5-6H2,(H,16,18)/t9-,11-,12-,13-,14-/m1/s1. The van der Waals surface area contributed by atoms with Gasteiger partial charge >= 0.3 is 0 Å². The van der Waals surface area contributed by atoms with Crippen molar-refractivity contribution in [2.75, 3.05) is 6.61 Å². The first-order chi connectivity index (χ1) is 10.4. The van der Waals surface area contributed by atoms with Crippen LogP contribution in [-0.4, -0.2) is 63.6 Å². The van der Waals surface area contributed by atoms with Gasteiger partial charge in [-0.3, -0.25) is 4.79 Å². The molecule has 1 heterocycles. The predicted octanol–water partition coefficient (Wildman–Crippen LogP) is -1.72. The second kappa shape index (κ2) is 7.12. The molecule has 0 aromatic heterocycles. The Labute approximate surface area is 126 Å². The molecule has 7 nitrogen and oxygen atoms in total. The first kappa shape index (κ1) is 16.8. The summed E-state index contributed by atoms with van der Waals surface area (Å²) in [6.45, 7) is -0.578. The Morgan fingerprint density at radius 1 is 1.18 bits per heavy atom. The van der Waals surface area contributed by atoms with E-state index in [-0.39, 0.29) is 6.42 Å². The van der Waals surface area contributed by atoms with Crippen molar-refractivity contribution in [3.63, 3.8) is 0 Å². The van der Waals surface area contributed by atoms with Crippen molar-refractivity contribution in [2.24, 2.45) is 0 Å². The molecular weight excluding hydrogens is 297 g/mol.